The maximum Gasteiger partial charge on any atom is 0.0526 e. The van der Waals surface area contributed by atoms with Crippen molar-refractivity contribution in [1.82, 2.24) is 10.3 Å². The topological polar surface area (TPSA) is 37.0 Å². The summed E-state index contributed by atoms with van der Waals surface area (Å²) in [7, 11) is 0. The van der Waals surface area contributed by atoms with Crippen LogP contribution in [0.3, 0.4) is 0 Å². The van der Waals surface area contributed by atoms with E-state index in [1.165, 1.54) is 18.4 Å². The van der Waals surface area contributed by atoms with E-state index in [1.54, 1.807) is 6.20 Å². The molecule has 2 aromatic rings. The van der Waals surface area contributed by atoms with Gasteiger partial charge in [-0.3, -0.25) is 4.98 Å². The lowest BCUT2D eigenvalue weighted by Gasteiger charge is -2.18. The van der Waals surface area contributed by atoms with Crippen molar-refractivity contribution in [2.45, 2.75) is 31.3 Å². The van der Waals surface area contributed by atoms with Gasteiger partial charge in [0.1, 0.15) is 0 Å². The maximum absolute atomic E-state index is 4.11. The van der Waals surface area contributed by atoms with Crippen LogP contribution in [0.4, 0.5) is 5.69 Å². The van der Waals surface area contributed by atoms with Crippen LogP contribution in [0.1, 0.15) is 24.8 Å². The first-order chi connectivity index (χ1) is 9.86. The van der Waals surface area contributed by atoms with E-state index in [4.69, 9.17) is 0 Å². The Morgan fingerprint density at radius 3 is 2.60 bits per heavy atom. The van der Waals surface area contributed by atoms with Gasteiger partial charge >= 0.3 is 0 Å². The zero-order valence-corrected chi connectivity index (χ0v) is 11.7. The average Bonchev–Trinajstić information content (AvgIpc) is 3.28. The Kier molecular flexibility index (Phi) is 3.97. The minimum atomic E-state index is 0.352. The van der Waals surface area contributed by atoms with Crippen molar-refractivity contribution in [3.8, 4) is 0 Å². The number of hydrogen-bond acceptors (Lipinski definition) is 3. The van der Waals surface area contributed by atoms with Crippen LogP contribution < -0.4 is 10.6 Å². The van der Waals surface area contributed by atoms with Crippen molar-refractivity contribution in [1.29, 1.82) is 0 Å². The predicted octanol–water partition coefficient (Wildman–Crippen LogP) is 3.21. The number of anilines is 1. The Balaban J connectivity index is 1.43. The summed E-state index contributed by atoms with van der Waals surface area (Å²) < 4.78 is 0. The number of pyridine rings is 1. The number of nitrogens with zero attached hydrogens (tertiary/aromatic N) is 1. The smallest absolute Gasteiger partial charge is 0.0526 e. The summed E-state index contributed by atoms with van der Waals surface area (Å²) in [5, 5.41) is 7.15. The van der Waals surface area contributed by atoms with Crippen LogP contribution in [0.2, 0.25) is 0 Å². The fraction of sp³-hybridized carbons (Fsp3) is 0.353. The fourth-order valence-corrected chi connectivity index (χ4v) is 2.46. The lowest BCUT2D eigenvalue weighted by molar-refractivity contribution is 0.474. The van der Waals surface area contributed by atoms with Crippen LogP contribution in [-0.4, -0.2) is 17.1 Å². The highest BCUT2D eigenvalue weighted by molar-refractivity contribution is 5.39. The molecule has 1 heterocycles. The minimum Gasteiger partial charge on any atom is -0.384 e. The molecular weight excluding hydrogens is 246 g/mol. The normalized spacial score (nSPS) is 15.8. The van der Waals surface area contributed by atoms with Gasteiger partial charge in [0, 0.05) is 31.0 Å². The molecule has 0 bridgehead atoms. The molecule has 0 amide bonds. The molecule has 1 saturated carbocycles. The van der Waals surface area contributed by atoms with Gasteiger partial charge in [-0.2, -0.15) is 0 Å². The van der Waals surface area contributed by atoms with E-state index in [1.807, 2.05) is 12.3 Å². The van der Waals surface area contributed by atoms with E-state index in [0.717, 1.165) is 25.2 Å². The van der Waals surface area contributed by atoms with E-state index in [-0.39, 0.29) is 0 Å². The van der Waals surface area contributed by atoms with Gasteiger partial charge in [-0.05, 0) is 37.0 Å². The zero-order chi connectivity index (χ0) is 13.7. The van der Waals surface area contributed by atoms with E-state index in [2.05, 4.69) is 52.0 Å². The summed E-state index contributed by atoms with van der Waals surface area (Å²) >= 11 is 0. The number of nitrogens with one attached hydrogen (secondary N) is 2. The second-order valence-corrected chi connectivity index (χ2v) is 5.54. The van der Waals surface area contributed by atoms with E-state index in [0.29, 0.717) is 5.54 Å². The van der Waals surface area contributed by atoms with Gasteiger partial charge < -0.3 is 10.6 Å². The molecule has 1 aliphatic carbocycles. The van der Waals surface area contributed by atoms with Crippen LogP contribution in [0.25, 0.3) is 0 Å². The molecule has 3 heteroatoms. The second-order valence-electron chi connectivity index (χ2n) is 5.54. The molecule has 104 valence electrons. The molecule has 0 saturated heterocycles. The molecule has 0 spiro atoms. The molecule has 1 aromatic heterocycles. The largest absolute Gasteiger partial charge is 0.384 e. The zero-order valence-electron chi connectivity index (χ0n) is 11.7. The summed E-state index contributed by atoms with van der Waals surface area (Å²) in [5.41, 5.74) is 2.82. The monoisotopic (exact) mass is 267 g/mol. The van der Waals surface area contributed by atoms with Gasteiger partial charge in [0.25, 0.3) is 0 Å². The molecule has 2 N–H and O–H groups in total. The summed E-state index contributed by atoms with van der Waals surface area (Å²) in [6.07, 6.45) is 7.41. The Bertz CT molecular complexity index is 520. The molecule has 3 nitrogen and oxygen atoms in total. The van der Waals surface area contributed by atoms with Crippen LogP contribution in [0.5, 0.6) is 0 Å². The summed E-state index contributed by atoms with van der Waals surface area (Å²) in [4.78, 5) is 4.11. The highest BCUT2D eigenvalue weighted by Gasteiger charge is 2.41. The third-order valence-electron chi connectivity index (χ3n) is 3.96. The van der Waals surface area contributed by atoms with Crippen LogP contribution in [-0.2, 0) is 6.54 Å². The molecule has 1 fully saturated rings. The Morgan fingerprint density at radius 1 is 1.05 bits per heavy atom. The van der Waals surface area contributed by atoms with Gasteiger partial charge in [0.05, 0.1) is 5.69 Å². The van der Waals surface area contributed by atoms with Crippen LogP contribution >= 0.6 is 0 Å². The Labute approximate surface area is 120 Å². The Hall–Kier alpha value is -1.87. The number of rotatable bonds is 7. The first-order valence-electron chi connectivity index (χ1n) is 7.29. The maximum atomic E-state index is 4.11. The predicted molar refractivity (Wildman–Crippen MR) is 82.6 cm³/mol. The van der Waals surface area contributed by atoms with Crippen LogP contribution in [0, 0.1) is 0 Å². The van der Waals surface area contributed by atoms with E-state index in [9.17, 15) is 0 Å². The standard InChI is InChI=1S/C17H21N3/c1-2-5-15(6-3-1)13-20-17(8-9-17)10-12-19-16-7-4-11-18-14-16/h1-7,11,14,19-20H,8-10,12-13H2. The average molecular weight is 267 g/mol. The molecule has 1 aliphatic rings. The quantitative estimate of drug-likeness (QED) is 0.809. The first kappa shape index (κ1) is 13.1. The molecule has 0 radical (unpaired) electrons. The molecule has 3 rings (SSSR count). The molecule has 1 aromatic carbocycles. The van der Waals surface area contributed by atoms with Crippen LogP contribution in [0.15, 0.2) is 54.9 Å². The van der Waals surface area contributed by atoms with Crippen molar-refractivity contribution in [2.24, 2.45) is 0 Å². The summed E-state index contributed by atoms with van der Waals surface area (Å²) in [5.74, 6) is 0. The Morgan fingerprint density at radius 2 is 1.90 bits per heavy atom. The number of aromatic nitrogens is 1. The summed E-state index contributed by atoms with van der Waals surface area (Å²) in [6, 6.07) is 14.6. The third kappa shape index (κ3) is 3.58. The molecule has 0 unspecified atom stereocenters. The van der Waals surface area contributed by atoms with Crippen molar-refractivity contribution in [3.05, 3.63) is 60.4 Å². The van der Waals surface area contributed by atoms with Gasteiger partial charge in [-0.15, -0.1) is 0 Å². The van der Waals surface area contributed by atoms with Gasteiger partial charge in [-0.1, -0.05) is 30.3 Å². The highest BCUT2D eigenvalue weighted by atomic mass is 15.0. The van der Waals surface area contributed by atoms with Gasteiger partial charge in [-0.25, -0.2) is 0 Å². The third-order valence-corrected chi connectivity index (χ3v) is 3.96. The van der Waals surface area contributed by atoms with E-state index < -0.39 is 0 Å². The fourth-order valence-electron chi connectivity index (χ4n) is 2.46. The lowest BCUT2D eigenvalue weighted by Crippen LogP contribution is -2.32. The number of benzene rings is 1. The SMILES string of the molecule is c1ccc(CNC2(CCNc3cccnc3)CC2)cc1. The van der Waals surface area contributed by atoms with Gasteiger partial charge in [0.15, 0.2) is 0 Å². The van der Waals surface area contributed by atoms with Crippen molar-refractivity contribution < 1.29 is 0 Å². The van der Waals surface area contributed by atoms with Crippen molar-refractivity contribution in [3.63, 3.8) is 0 Å². The van der Waals surface area contributed by atoms with Crippen molar-refractivity contribution in [2.75, 3.05) is 11.9 Å². The molecule has 0 aliphatic heterocycles. The number of hydrogen-bond donors (Lipinski definition) is 2. The second kappa shape index (κ2) is 6.06. The lowest BCUT2D eigenvalue weighted by atomic mass is 10.1. The first-order valence-corrected chi connectivity index (χ1v) is 7.29. The van der Waals surface area contributed by atoms with E-state index >= 15 is 0 Å². The highest BCUT2D eigenvalue weighted by Crippen LogP contribution is 2.38. The van der Waals surface area contributed by atoms with Crippen molar-refractivity contribution >= 4 is 5.69 Å². The minimum absolute atomic E-state index is 0.352. The molecule has 0 atom stereocenters. The van der Waals surface area contributed by atoms with Gasteiger partial charge in [0.2, 0.25) is 0 Å². The molecule has 20 heavy (non-hydrogen) atoms. The summed E-state index contributed by atoms with van der Waals surface area (Å²) in [6.45, 7) is 1.96. The molecular formula is C17H21N3.